The average molecular weight is 352 g/mol. The summed E-state index contributed by atoms with van der Waals surface area (Å²) in [5, 5.41) is 16.4. The lowest BCUT2D eigenvalue weighted by Gasteiger charge is -2.19. The van der Waals surface area contributed by atoms with Crippen LogP contribution in [0.5, 0.6) is 0 Å². The lowest BCUT2D eigenvalue weighted by Crippen LogP contribution is -2.22. The van der Waals surface area contributed by atoms with Gasteiger partial charge in [0.05, 0.1) is 27.2 Å². The highest BCUT2D eigenvalue weighted by molar-refractivity contribution is 9.10. The first-order valence-corrected chi connectivity index (χ1v) is 7.95. The summed E-state index contributed by atoms with van der Waals surface area (Å²) in [7, 11) is 3.97. The van der Waals surface area contributed by atoms with Crippen molar-refractivity contribution in [3.8, 4) is 0 Å². The second-order valence-electron chi connectivity index (χ2n) is 5.26. The van der Waals surface area contributed by atoms with Gasteiger partial charge < -0.3 is 5.32 Å². The van der Waals surface area contributed by atoms with E-state index in [-0.39, 0.29) is 6.04 Å². The van der Waals surface area contributed by atoms with Crippen LogP contribution in [0.25, 0.3) is 0 Å². The van der Waals surface area contributed by atoms with E-state index in [2.05, 4.69) is 49.5 Å². The number of hydrogen-bond acceptors (Lipinski definition) is 4. The normalized spacial score (nSPS) is 12.7. The maximum Gasteiger partial charge on any atom is 0.0738 e. The van der Waals surface area contributed by atoms with Crippen LogP contribution in [0.3, 0.4) is 0 Å². The zero-order valence-electron chi connectivity index (χ0n) is 13.2. The molecule has 1 atom stereocenters. The fraction of sp³-hybridized carbons (Fsp3) is 0.533. The van der Waals surface area contributed by atoms with Crippen molar-refractivity contribution < 1.29 is 0 Å². The molecule has 0 fully saturated rings. The van der Waals surface area contributed by atoms with Crippen molar-refractivity contribution in [1.29, 1.82) is 0 Å². The number of aryl methyl sites for hydroxylation is 4. The molecule has 5 nitrogen and oxygen atoms in total. The lowest BCUT2D eigenvalue weighted by atomic mass is 9.99. The van der Waals surface area contributed by atoms with Gasteiger partial charge in [-0.1, -0.05) is 6.92 Å². The van der Waals surface area contributed by atoms with Crippen molar-refractivity contribution in [3.63, 3.8) is 0 Å². The first-order valence-electron chi connectivity index (χ1n) is 7.16. The van der Waals surface area contributed by atoms with Crippen LogP contribution in [0.2, 0.25) is 0 Å². The molecular weight excluding hydrogens is 330 g/mol. The van der Waals surface area contributed by atoms with Gasteiger partial charge in [0, 0.05) is 19.5 Å². The standard InChI is InChI=1S/C15H22BrN5/c1-6-12-11(7-9(2)18-19-12)13(17-4)8-14-15(16)10(3)20-21(14)5/h7,13,17H,6,8H2,1-5H3. The highest BCUT2D eigenvalue weighted by Crippen LogP contribution is 2.27. The van der Waals surface area contributed by atoms with E-state index in [9.17, 15) is 0 Å². The Morgan fingerprint density at radius 2 is 2.05 bits per heavy atom. The second kappa shape index (κ2) is 6.66. The number of aromatic nitrogens is 4. The maximum absolute atomic E-state index is 4.47. The minimum Gasteiger partial charge on any atom is -0.313 e. The quantitative estimate of drug-likeness (QED) is 0.899. The summed E-state index contributed by atoms with van der Waals surface area (Å²) in [5.41, 5.74) is 5.42. The summed E-state index contributed by atoms with van der Waals surface area (Å²) < 4.78 is 3.03. The molecular formula is C15H22BrN5. The number of nitrogens with zero attached hydrogens (tertiary/aromatic N) is 4. The Bertz CT molecular complexity index is 635. The van der Waals surface area contributed by atoms with E-state index in [0.717, 1.165) is 34.4 Å². The molecule has 0 spiro atoms. The lowest BCUT2D eigenvalue weighted by molar-refractivity contribution is 0.550. The topological polar surface area (TPSA) is 55.6 Å². The van der Waals surface area contributed by atoms with Crippen molar-refractivity contribution in [2.24, 2.45) is 7.05 Å². The summed E-state index contributed by atoms with van der Waals surface area (Å²) in [5.74, 6) is 0. The van der Waals surface area contributed by atoms with E-state index in [4.69, 9.17) is 0 Å². The molecule has 114 valence electrons. The molecule has 0 saturated carbocycles. The van der Waals surface area contributed by atoms with E-state index >= 15 is 0 Å². The largest absolute Gasteiger partial charge is 0.313 e. The molecule has 1 unspecified atom stereocenters. The van der Waals surface area contributed by atoms with E-state index in [0.29, 0.717) is 0 Å². The van der Waals surface area contributed by atoms with Gasteiger partial charge in [-0.2, -0.15) is 15.3 Å². The van der Waals surface area contributed by atoms with Crippen LogP contribution in [0.4, 0.5) is 0 Å². The molecule has 0 aliphatic rings. The molecule has 0 aliphatic carbocycles. The summed E-state index contributed by atoms with van der Waals surface area (Å²) in [6.45, 7) is 6.10. The second-order valence-corrected chi connectivity index (χ2v) is 6.05. The molecule has 0 amide bonds. The van der Waals surface area contributed by atoms with Gasteiger partial charge in [0.25, 0.3) is 0 Å². The monoisotopic (exact) mass is 351 g/mol. The van der Waals surface area contributed by atoms with Gasteiger partial charge in [0.15, 0.2) is 0 Å². The fourth-order valence-corrected chi connectivity index (χ4v) is 3.07. The Morgan fingerprint density at radius 3 is 2.57 bits per heavy atom. The molecule has 0 aliphatic heterocycles. The SMILES string of the molecule is CCc1nnc(C)cc1C(Cc1c(Br)c(C)nn1C)NC. The van der Waals surface area contributed by atoms with Crippen LogP contribution in [-0.2, 0) is 19.9 Å². The van der Waals surface area contributed by atoms with Gasteiger partial charge in [-0.15, -0.1) is 0 Å². The number of halogens is 1. The van der Waals surface area contributed by atoms with Crippen molar-refractivity contribution in [2.45, 2.75) is 39.7 Å². The van der Waals surface area contributed by atoms with Gasteiger partial charge in [-0.05, 0) is 54.9 Å². The molecule has 0 aromatic carbocycles. The summed E-state index contributed by atoms with van der Waals surface area (Å²) in [6.07, 6.45) is 1.74. The van der Waals surface area contributed by atoms with Crippen LogP contribution >= 0.6 is 15.9 Å². The van der Waals surface area contributed by atoms with Crippen molar-refractivity contribution >= 4 is 15.9 Å². The Labute approximate surface area is 134 Å². The van der Waals surface area contributed by atoms with Gasteiger partial charge in [-0.3, -0.25) is 4.68 Å². The highest BCUT2D eigenvalue weighted by atomic mass is 79.9. The fourth-order valence-electron chi connectivity index (χ4n) is 2.57. The van der Waals surface area contributed by atoms with Crippen LogP contribution in [-0.4, -0.2) is 27.0 Å². The Morgan fingerprint density at radius 1 is 1.33 bits per heavy atom. The minimum absolute atomic E-state index is 0.195. The molecule has 2 rings (SSSR count). The molecule has 2 heterocycles. The van der Waals surface area contributed by atoms with Gasteiger partial charge in [0.1, 0.15) is 0 Å². The number of hydrogen-bond donors (Lipinski definition) is 1. The first kappa shape index (κ1) is 16.1. The van der Waals surface area contributed by atoms with Crippen molar-refractivity contribution in [3.05, 3.63) is 38.9 Å². The summed E-state index contributed by atoms with van der Waals surface area (Å²) in [6, 6.07) is 2.32. The zero-order valence-corrected chi connectivity index (χ0v) is 14.8. The van der Waals surface area contributed by atoms with Crippen LogP contribution in [0.1, 0.15) is 41.3 Å². The predicted octanol–water partition coefficient (Wildman–Crippen LogP) is 2.66. The average Bonchev–Trinajstić information content (AvgIpc) is 2.70. The Balaban J connectivity index is 2.38. The highest BCUT2D eigenvalue weighted by Gasteiger charge is 2.20. The number of likely N-dealkylation sites (N-methyl/N-ethyl adjacent to an activating group) is 1. The third kappa shape index (κ3) is 3.32. The number of rotatable bonds is 5. The zero-order chi connectivity index (χ0) is 15.6. The van der Waals surface area contributed by atoms with Crippen LogP contribution in [0.15, 0.2) is 10.5 Å². The third-order valence-electron chi connectivity index (χ3n) is 3.74. The molecule has 6 heteroatoms. The van der Waals surface area contributed by atoms with E-state index in [1.165, 1.54) is 11.3 Å². The molecule has 2 aromatic rings. The molecule has 2 aromatic heterocycles. The van der Waals surface area contributed by atoms with E-state index in [1.54, 1.807) is 0 Å². The number of nitrogens with one attached hydrogen (secondary N) is 1. The third-order valence-corrected chi connectivity index (χ3v) is 4.78. The Hall–Kier alpha value is -1.27. The first-order chi connectivity index (χ1) is 9.97. The summed E-state index contributed by atoms with van der Waals surface area (Å²) in [4.78, 5) is 0. The Kier molecular flexibility index (Phi) is 5.11. The molecule has 0 radical (unpaired) electrons. The van der Waals surface area contributed by atoms with Crippen LogP contribution in [0, 0.1) is 13.8 Å². The predicted molar refractivity (Wildman–Crippen MR) is 87.3 cm³/mol. The van der Waals surface area contributed by atoms with Crippen molar-refractivity contribution in [2.75, 3.05) is 7.05 Å². The van der Waals surface area contributed by atoms with Crippen molar-refractivity contribution in [1.82, 2.24) is 25.3 Å². The minimum atomic E-state index is 0.195. The van der Waals surface area contributed by atoms with Crippen LogP contribution < -0.4 is 5.32 Å². The van der Waals surface area contributed by atoms with E-state index < -0.39 is 0 Å². The molecule has 0 bridgehead atoms. The van der Waals surface area contributed by atoms with Gasteiger partial charge in [0.2, 0.25) is 0 Å². The molecule has 21 heavy (non-hydrogen) atoms. The molecule has 0 saturated heterocycles. The van der Waals surface area contributed by atoms with Gasteiger partial charge in [-0.25, -0.2) is 0 Å². The molecule has 1 N–H and O–H groups in total. The van der Waals surface area contributed by atoms with E-state index in [1.807, 2.05) is 32.6 Å². The summed E-state index contributed by atoms with van der Waals surface area (Å²) >= 11 is 3.64. The smallest absolute Gasteiger partial charge is 0.0738 e. The maximum atomic E-state index is 4.47. The van der Waals surface area contributed by atoms with Gasteiger partial charge >= 0.3 is 0 Å².